The molecular weight excluding hydrogens is 286 g/mol. The number of pyridine rings is 1. The molecular formula is C16H18ClN3O. The van der Waals surface area contributed by atoms with Gasteiger partial charge in [0.05, 0.1) is 21.6 Å². The van der Waals surface area contributed by atoms with Crippen LogP contribution in [0.4, 0.5) is 5.69 Å². The molecule has 110 valence electrons. The van der Waals surface area contributed by atoms with Crippen molar-refractivity contribution in [1.82, 2.24) is 4.98 Å². The summed E-state index contributed by atoms with van der Waals surface area (Å²) in [6.07, 6.45) is 4.39. The molecule has 1 aliphatic carbocycles. The Morgan fingerprint density at radius 2 is 2.29 bits per heavy atom. The van der Waals surface area contributed by atoms with Gasteiger partial charge < -0.3 is 11.1 Å². The van der Waals surface area contributed by atoms with E-state index in [0.717, 1.165) is 24.6 Å². The smallest absolute Gasteiger partial charge is 0.231 e. The van der Waals surface area contributed by atoms with Crippen LogP contribution in [-0.2, 0) is 4.79 Å². The number of nitrogens with zero attached hydrogens (tertiary/aromatic N) is 1. The largest absolute Gasteiger partial charge is 0.327 e. The van der Waals surface area contributed by atoms with E-state index in [0.29, 0.717) is 16.2 Å². The fraction of sp³-hybridized carbons (Fsp3) is 0.375. The van der Waals surface area contributed by atoms with Gasteiger partial charge in [0.15, 0.2) is 0 Å². The molecule has 0 radical (unpaired) electrons. The number of carbonyl (C=O) groups excluding carboxylic acids is 1. The van der Waals surface area contributed by atoms with E-state index >= 15 is 0 Å². The zero-order valence-corrected chi connectivity index (χ0v) is 12.7. The molecule has 2 atom stereocenters. The molecule has 5 heteroatoms. The molecule has 2 aromatic rings. The Kier molecular flexibility index (Phi) is 3.59. The molecule has 1 fully saturated rings. The van der Waals surface area contributed by atoms with Crippen LogP contribution in [0.25, 0.3) is 10.9 Å². The van der Waals surface area contributed by atoms with Gasteiger partial charge in [-0.15, -0.1) is 0 Å². The number of carbonyl (C=O) groups is 1. The van der Waals surface area contributed by atoms with Gasteiger partial charge in [0.1, 0.15) is 0 Å². The Bertz CT molecular complexity index is 703. The lowest BCUT2D eigenvalue weighted by molar-refractivity contribution is -0.125. The zero-order valence-electron chi connectivity index (χ0n) is 11.9. The second kappa shape index (κ2) is 5.28. The van der Waals surface area contributed by atoms with Gasteiger partial charge in [0, 0.05) is 17.6 Å². The molecule has 1 aromatic heterocycles. The van der Waals surface area contributed by atoms with Gasteiger partial charge >= 0.3 is 0 Å². The van der Waals surface area contributed by atoms with Gasteiger partial charge in [0.25, 0.3) is 0 Å². The Morgan fingerprint density at radius 1 is 1.48 bits per heavy atom. The van der Waals surface area contributed by atoms with E-state index in [1.807, 2.05) is 19.1 Å². The Morgan fingerprint density at radius 3 is 3.00 bits per heavy atom. The average Bonchev–Trinajstić information content (AvgIpc) is 2.83. The lowest BCUT2D eigenvalue weighted by Gasteiger charge is -2.27. The van der Waals surface area contributed by atoms with Crippen molar-refractivity contribution in [3.8, 4) is 0 Å². The van der Waals surface area contributed by atoms with Crippen molar-refractivity contribution < 1.29 is 4.79 Å². The van der Waals surface area contributed by atoms with Crippen molar-refractivity contribution in [2.24, 2.45) is 11.1 Å². The first kappa shape index (κ1) is 14.3. The van der Waals surface area contributed by atoms with E-state index in [2.05, 4.69) is 10.3 Å². The van der Waals surface area contributed by atoms with Crippen LogP contribution in [0.5, 0.6) is 0 Å². The van der Waals surface area contributed by atoms with Crippen molar-refractivity contribution in [1.29, 1.82) is 0 Å². The fourth-order valence-electron chi connectivity index (χ4n) is 2.98. The number of halogens is 1. The van der Waals surface area contributed by atoms with E-state index in [-0.39, 0.29) is 11.9 Å². The van der Waals surface area contributed by atoms with Crippen LogP contribution >= 0.6 is 11.6 Å². The highest BCUT2D eigenvalue weighted by Gasteiger charge is 2.43. The molecule has 1 aromatic carbocycles. The molecule has 1 saturated carbocycles. The Labute approximate surface area is 128 Å². The number of amides is 1. The summed E-state index contributed by atoms with van der Waals surface area (Å²) >= 11 is 6.17. The highest BCUT2D eigenvalue weighted by atomic mass is 35.5. The summed E-state index contributed by atoms with van der Waals surface area (Å²) in [5.74, 6) is -0.0400. The normalized spacial score (nSPS) is 25.2. The predicted molar refractivity (Wildman–Crippen MR) is 85.3 cm³/mol. The summed E-state index contributed by atoms with van der Waals surface area (Å²) in [6, 6.07) is 7.19. The Balaban J connectivity index is 1.96. The van der Waals surface area contributed by atoms with Crippen LogP contribution in [0, 0.1) is 5.41 Å². The molecule has 0 spiro atoms. The van der Waals surface area contributed by atoms with Gasteiger partial charge in [-0.3, -0.25) is 9.78 Å². The molecule has 21 heavy (non-hydrogen) atoms. The highest BCUT2D eigenvalue weighted by molar-refractivity contribution is 6.35. The molecule has 1 aliphatic rings. The fourth-order valence-corrected chi connectivity index (χ4v) is 3.19. The van der Waals surface area contributed by atoms with Crippen molar-refractivity contribution in [2.75, 3.05) is 5.32 Å². The molecule has 0 saturated heterocycles. The first-order chi connectivity index (χ1) is 10.0. The number of aromatic nitrogens is 1. The van der Waals surface area contributed by atoms with Crippen LogP contribution < -0.4 is 11.1 Å². The van der Waals surface area contributed by atoms with Gasteiger partial charge in [-0.05, 0) is 44.0 Å². The zero-order chi connectivity index (χ0) is 15.0. The SMILES string of the molecule is CC1(C(=O)Nc2ccc(Cl)c3cccnc23)CCCC1N. The standard InChI is InChI=1S/C16H18ClN3O/c1-16(8-2-5-13(16)18)15(21)20-12-7-6-11(17)10-4-3-9-19-14(10)12/h3-4,6-7,9,13H,2,5,8,18H2,1H3,(H,20,21). The number of nitrogens with two attached hydrogens (primary N) is 1. The predicted octanol–water partition coefficient (Wildman–Crippen LogP) is 3.34. The summed E-state index contributed by atoms with van der Waals surface area (Å²) in [5.41, 5.74) is 6.98. The van der Waals surface area contributed by atoms with E-state index in [9.17, 15) is 4.79 Å². The maximum Gasteiger partial charge on any atom is 0.231 e. The molecule has 1 heterocycles. The third-order valence-electron chi connectivity index (χ3n) is 4.51. The monoisotopic (exact) mass is 303 g/mol. The number of hydrogen-bond acceptors (Lipinski definition) is 3. The summed E-state index contributed by atoms with van der Waals surface area (Å²) < 4.78 is 0. The van der Waals surface area contributed by atoms with Crippen LogP contribution in [0.3, 0.4) is 0 Å². The molecule has 0 bridgehead atoms. The van der Waals surface area contributed by atoms with Gasteiger partial charge in [-0.25, -0.2) is 0 Å². The first-order valence-electron chi connectivity index (χ1n) is 7.12. The molecule has 1 amide bonds. The van der Waals surface area contributed by atoms with Gasteiger partial charge in [-0.1, -0.05) is 18.0 Å². The lowest BCUT2D eigenvalue weighted by Crippen LogP contribution is -2.44. The quantitative estimate of drug-likeness (QED) is 0.894. The molecule has 3 N–H and O–H groups in total. The number of benzene rings is 1. The van der Waals surface area contributed by atoms with E-state index < -0.39 is 5.41 Å². The van der Waals surface area contributed by atoms with Gasteiger partial charge in [0.2, 0.25) is 5.91 Å². The van der Waals surface area contributed by atoms with E-state index in [1.54, 1.807) is 18.3 Å². The summed E-state index contributed by atoms with van der Waals surface area (Å²) in [6.45, 7) is 1.94. The third-order valence-corrected chi connectivity index (χ3v) is 4.84. The number of rotatable bonds is 2. The molecule has 2 unspecified atom stereocenters. The minimum atomic E-state index is -0.513. The average molecular weight is 304 g/mol. The van der Waals surface area contributed by atoms with Crippen LogP contribution in [-0.4, -0.2) is 16.9 Å². The third kappa shape index (κ3) is 2.39. The lowest BCUT2D eigenvalue weighted by atomic mass is 9.84. The van der Waals surface area contributed by atoms with Crippen LogP contribution in [0.1, 0.15) is 26.2 Å². The molecule has 3 rings (SSSR count). The summed E-state index contributed by atoms with van der Waals surface area (Å²) in [5, 5.41) is 4.44. The van der Waals surface area contributed by atoms with E-state index in [4.69, 9.17) is 17.3 Å². The minimum absolute atomic E-state index is 0.0400. The molecule has 4 nitrogen and oxygen atoms in total. The second-order valence-electron chi connectivity index (χ2n) is 5.86. The Hall–Kier alpha value is -1.65. The van der Waals surface area contributed by atoms with E-state index in [1.165, 1.54) is 0 Å². The first-order valence-corrected chi connectivity index (χ1v) is 7.50. The minimum Gasteiger partial charge on any atom is -0.327 e. The topological polar surface area (TPSA) is 68.0 Å². The summed E-state index contributed by atoms with van der Waals surface area (Å²) in [4.78, 5) is 17.0. The van der Waals surface area contributed by atoms with Crippen LogP contribution in [0.2, 0.25) is 5.02 Å². The van der Waals surface area contributed by atoms with Crippen LogP contribution in [0.15, 0.2) is 30.5 Å². The number of anilines is 1. The van der Waals surface area contributed by atoms with Gasteiger partial charge in [-0.2, -0.15) is 0 Å². The van der Waals surface area contributed by atoms with Crippen molar-refractivity contribution in [2.45, 2.75) is 32.2 Å². The van der Waals surface area contributed by atoms with Crippen molar-refractivity contribution >= 4 is 34.1 Å². The maximum atomic E-state index is 12.6. The molecule has 0 aliphatic heterocycles. The van der Waals surface area contributed by atoms with Crippen molar-refractivity contribution in [3.05, 3.63) is 35.5 Å². The number of nitrogens with one attached hydrogen (secondary N) is 1. The van der Waals surface area contributed by atoms with Crippen molar-refractivity contribution in [3.63, 3.8) is 0 Å². The second-order valence-corrected chi connectivity index (χ2v) is 6.27. The highest BCUT2D eigenvalue weighted by Crippen LogP contribution is 2.38. The maximum absolute atomic E-state index is 12.6. The number of fused-ring (bicyclic) bond motifs is 1. The summed E-state index contributed by atoms with van der Waals surface area (Å²) in [7, 11) is 0. The number of hydrogen-bond donors (Lipinski definition) is 2.